The zero-order valence-corrected chi connectivity index (χ0v) is 12.1. The van der Waals surface area contributed by atoms with Gasteiger partial charge in [0.05, 0.1) is 5.69 Å². The van der Waals surface area contributed by atoms with Crippen LogP contribution in [0.4, 0.5) is 0 Å². The summed E-state index contributed by atoms with van der Waals surface area (Å²) >= 11 is 0. The normalized spacial score (nSPS) is 11.1. The van der Waals surface area contributed by atoms with E-state index in [9.17, 15) is 0 Å². The van der Waals surface area contributed by atoms with E-state index in [1.807, 2.05) is 53.1 Å². The molecule has 0 aliphatic rings. The Bertz CT molecular complexity index is 922. The zero-order valence-electron chi connectivity index (χ0n) is 12.1. The zero-order chi connectivity index (χ0) is 14.9. The minimum atomic E-state index is 0.501. The second-order valence-corrected chi connectivity index (χ2v) is 5.21. The van der Waals surface area contributed by atoms with Crippen molar-refractivity contribution in [1.29, 1.82) is 0 Å². The van der Waals surface area contributed by atoms with Gasteiger partial charge in [0.15, 0.2) is 0 Å². The Labute approximate surface area is 127 Å². The number of imidazole rings is 1. The topological polar surface area (TPSA) is 60.9 Å². The fraction of sp³-hybridized carbons (Fsp3) is 0.125. The number of hydrogen-bond donors (Lipinski definition) is 0. The van der Waals surface area contributed by atoms with Gasteiger partial charge in [0.1, 0.15) is 12.2 Å². The molecular formula is C16H14N6. The second-order valence-electron chi connectivity index (χ2n) is 5.21. The van der Waals surface area contributed by atoms with Crippen LogP contribution in [0.25, 0.3) is 17.0 Å². The largest absolute Gasteiger partial charge is 0.306 e. The van der Waals surface area contributed by atoms with Gasteiger partial charge in [0.2, 0.25) is 5.82 Å². The van der Waals surface area contributed by atoms with Gasteiger partial charge in [-0.2, -0.15) is 4.80 Å². The average molecular weight is 290 g/mol. The summed E-state index contributed by atoms with van der Waals surface area (Å²) in [7, 11) is 0. The van der Waals surface area contributed by atoms with Crippen LogP contribution in [0.1, 0.15) is 11.3 Å². The Morgan fingerprint density at radius 3 is 2.73 bits per heavy atom. The summed E-state index contributed by atoms with van der Waals surface area (Å²) < 4.78 is 2.01. The molecule has 0 atom stereocenters. The van der Waals surface area contributed by atoms with Crippen LogP contribution >= 0.6 is 0 Å². The van der Waals surface area contributed by atoms with Crippen LogP contribution < -0.4 is 0 Å². The Morgan fingerprint density at radius 1 is 1.00 bits per heavy atom. The highest BCUT2D eigenvalue weighted by atomic mass is 15.6. The lowest BCUT2D eigenvalue weighted by atomic mass is 10.2. The van der Waals surface area contributed by atoms with Gasteiger partial charge in [0.25, 0.3) is 0 Å². The van der Waals surface area contributed by atoms with Crippen molar-refractivity contribution < 1.29 is 0 Å². The molecule has 0 aliphatic heterocycles. The van der Waals surface area contributed by atoms with Crippen LogP contribution in [0.5, 0.6) is 0 Å². The number of aromatic nitrogens is 6. The molecule has 3 heterocycles. The number of pyridine rings is 1. The molecule has 1 aromatic carbocycles. The van der Waals surface area contributed by atoms with Crippen molar-refractivity contribution >= 4 is 5.65 Å². The van der Waals surface area contributed by atoms with E-state index in [0.717, 1.165) is 16.9 Å². The van der Waals surface area contributed by atoms with Gasteiger partial charge >= 0.3 is 0 Å². The van der Waals surface area contributed by atoms with Gasteiger partial charge in [-0.05, 0) is 23.8 Å². The van der Waals surface area contributed by atoms with Crippen molar-refractivity contribution in [2.24, 2.45) is 0 Å². The molecule has 0 amide bonds. The van der Waals surface area contributed by atoms with Crippen LogP contribution in [0.3, 0.4) is 0 Å². The molecule has 108 valence electrons. The molecule has 3 aromatic heterocycles. The van der Waals surface area contributed by atoms with Gasteiger partial charge in [-0.25, -0.2) is 4.98 Å². The molecule has 6 heteroatoms. The minimum Gasteiger partial charge on any atom is -0.306 e. The number of nitrogens with zero attached hydrogens (tertiary/aromatic N) is 6. The maximum absolute atomic E-state index is 4.57. The summed E-state index contributed by atoms with van der Waals surface area (Å²) in [6.45, 7) is 2.56. The molecule has 0 spiro atoms. The molecule has 22 heavy (non-hydrogen) atoms. The fourth-order valence-corrected chi connectivity index (χ4v) is 2.39. The molecule has 0 bridgehead atoms. The van der Waals surface area contributed by atoms with Gasteiger partial charge < -0.3 is 4.40 Å². The fourth-order valence-electron chi connectivity index (χ4n) is 2.39. The molecule has 0 fully saturated rings. The smallest absolute Gasteiger partial charge is 0.204 e. The highest BCUT2D eigenvalue weighted by Gasteiger charge is 2.08. The van der Waals surface area contributed by atoms with Crippen LogP contribution in [-0.4, -0.2) is 29.6 Å². The summed E-state index contributed by atoms with van der Waals surface area (Å²) in [4.78, 5) is 6.13. The van der Waals surface area contributed by atoms with Crippen molar-refractivity contribution in [3.8, 4) is 11.4 Å². The predicted molar refractivity (Wildman–Crippen MR) is 82.3 cm³/mol. The third kappa shape index (κ3) is 2.35. The molecule has 6 nitrogen and oxygen atoms in total. The van der Waals surface area contributed by atoms with E-state index in [4.69, 9.17) is 0 Å². The predicted octanol–water partition coefficient (Wildman–Crippen LogP) is 2.34. The van der Waals surface area contributed by atoms with E-state index in [1.54, 1.807) is 4.80 Å². The van der Waals surface area contributed by atoms with Crippen LogP contribution in [0.15, 0.2) is 54.9 Å². The number of benzene rings is 1. The monoisotopic (exact) mass is 290 g/mol. The molecule has 0 saturated heterocycles. The van der Waals surface area contributed by atoms with E-state index in [1.165, 1.54) is 5.56 Å². The first kappa shape index (κ1) is 12.7. The van der Waals surface area contributed by atoms with E-state index in [2.05, 4.69) is 33.5 Å². The van der Waals surface area contributed by atoms with E-state index >= 15 is 0 Å². The molecule has 0 radical (unpaired) electrons. The van der Waals surface area contributed by atoms with Crippen molar-refractivity contribution in [3.05, 3.63) is 66.1 Å². The van der Waals surface area contributed by atoms with Crippen molar-refractivity contribution in [1.82, 2.24) is 29.6 Å². The summed E-state index contributed by atoms with van der Waals surface area (Å²) in [5, 5.41) is 12.6. The Kier molecular flexibility index (Phi) is 2.93. The Hall–Kier alpha value is -3.02. The summed E-state index contributed by atoms with van der Waals surface area (Å²) in [5.41, 5.74) is 3.98. The summed E-state index contributed by atoms with van der Waals surface area (Å²) in [5.74, 6) is 0.625. The Morgan fingerprint density at radius 2 is 1.86 bits per heavy atom. The lowest BCUT2D eigenvalue weighted by Crippen LogP contribution is -2.04. The van der Waals surface area contributed by atoms with Gasteiger partial charge in [-0.1, -0.05) is 36.4 Å². The number of hydrogen-bond acceptors (Lipinski definition) is 4. The molecule has 0 unspecified atom stereocenters. The lowest BCUT2D eigenvalue weighted by Gasteiger charge is -1.94. The maximum atomic E-state index is 4.57. The third-order valence-corrected chi connectivity index (χ3v) is 3.44. The van der Waals surface area contributed by atoms with Crippen molar-refractivity contribution in [2.75, 3.05) is 0 Å². The highest BCUT2D eigenvalue weighted by Crippen LogP contribution is 2.13. The standard InChI is InChI=1S/C16H14N6/c1-12-7-8-15-17-14(10-21(15)9-12)11-22-19-16(18-20-22)13-5-3-2-4-6-13/h2-10H,11H2,1H3. The van der Waals surface area contributed by atoms with Crippen LogP contribution in [0, 0.1) is 6.92 Å². The first-order chi connectivity index (χ1) is 10.8. The summed E-state index contributed by atoms with van der Waals surface area (Å²) in [6, 6.07) is 13.9. The molecule has 0 aliphatic carbocycles. The van der Waals surface area contributed by atoms with Crippen molar-refractivity contribution in [2.45, 2.75) is 13.5 Å². The van der Waals surface area contributed by atoms with E-state index < -0.39 is 0 Å². The first-order valence-corrected chi connectivity index (χ1v) is 7.05. The molecule has 0 N–H and O–H groups in total. The molecular weight excluding hydrogens is 276 g/mol. The minimum absolute atomic E-state index is 0.501. The van der Waals surface area contributed by atoms with Gasteiger partial charge in [-0.3, -0.25) is 0 Å². The summed E-state index contributed by atoms with van der Waals surface area (Å²) in [6.07, 6.45) is 4.05. The van der Waals surface area contributed by atoms with Gasteiger partial charge in [0, 0.05) is 18.0 Å². The third-order valence-electron chi connectivity index (χ3n) is 3.44. The quantitative estimate of drug-likeness (QED) is 0.581. The van der Waals surface area contributed by atoms with Crippen LogP contribution in [-0.2, 0) is 6.54 Å². The number of tetrazole rings is 1. The highest BCUT2D eigenvalue weighted by molar-refractivity contribution is 5.53. The average Bonchev–Trinajstić information content (AvgIpc) is 3.14. The number of aryl methyl sites for hydroxylation is 1. The Balaban J connectivity index is 1.61. The molecule has 0 saturated carbocycles. The number of fused-ring (bicyclic) bond motifs is 1. The van der Waals surface area contributed by atoms with E-state index in [-0.39, 0.29) is 0 Å². The lowest BCUT2D eigenvalue weighted by molar-refractivity contribution is 0.566. The van der Waals surface area contributed by atoms with Crippen LogP contribution in [0.2, 0.25) is 0 Å². The second kappa shape index (κ2) is 5.07. The first-order valence-electron chi connectivity index (χ1n) is 7.05. The van der Waals surface area contributed by atoms with E-state index in [0.29, 0.717) is 12.4 Å². The van der Waals surface area contributed by atoms with Gasteiger partial charge in [-0.15, -0.1) is 10.2 Å². The number of rotatable bonds is 3. The SMILES string of the molecule is Cc1ccc2nc(Cn3nnc(-c4ccccc4)n3)cn2c1. The molecule has 4 rings (SSSR count). The maximum Gasteiger partial charge on any atom is 0.204 e. The van der Waals surface area contributed by atoms with Crippen molar-refractivity contribution in [3.63, 3.8) is 0 Å². The molecule has 4 aromatic rings.